The van der Waals surface area contributed by atoms with Crippen molar-refractivity contribution in [3.05, 3.63) is 11.3 Å². The number of nitrogens with one attached hydrogen (secondary N) is 1. The molecular formula is C7H13N3. The third-order valence-corrected chi connectivity index (χ3v) is 1.85. The molecule has 3 nitrogen and oxygen atoms in total. The van der Waals surface area contributed by atoms with Crippen molar-refractivity contribution < 1.29 is 0 Å². The molecule has 0 amide bonds. The van der Waals surface area contributed by atoms with E-state index in [9.17, 15) is 0 Å². The number of hydrogen-bond acceptors (Lipinski definition) is 3. The fraction of sp³-hybridized carbons (Fsp3) is 0.571. The van der Waals surface area contributed by atoms with Gasteiger partial charge < -0.3 is 16.9 Å². The quantitative estimate of drug-likeness (QED) is 0.459. The Morgan fingerprint density at radius 3 is 2.80 bits per heavy atom. The molecule has 0 aromatic rings. The molecule has 1 rings (SSSR count). The van der Waals surface area contributed by atoms with Gasteiger partial charge in [-0.25, -0.2) is 0 Å². The van der Waals surface area contributed by atoms with Gasteiger partial charge in [0.05, 0.1) is 0 Å². The van der Waals surface area contributed by atoms with Crippen LogP contribution >= 0.6 is 0 Å². The van der Waals surface area contributed by atoms with Gasteiger partial charge in [0.2, 0.25) is 0 Å². The molecule has 1 aliphatic carbocycles. The van der Waals surface area contributed by atoms with E-state index >= 15 is 0 Å². The smallest absolute Gasteiger partial charge is 0.0227 e. The summed E-state index contributed by atoms with van der Waals surface area (Å²) in [5.41, 5.74) is 13.0. The summed E-state index contributed by atoms with van der Waals surface area (Å²) in [5.74, 6) is 0. The summed E-state index contributed by atoms with van der Waals surface area (Å²) >= 11 is 0. The minimum atomic E-state index is 0.212. The largest absolute Gasteiger partial charge is 0.402 e. The third-order valence-electron chi connectivity index (χ3n) is 1.85. The highest BCUT2D eigenvalue weighted by Gasteiger charge is 2.13. The number of hydrogen-bond donors (Lipinski definition) is 3. The minimum absolute atomic E-state index is 0.212. The van der Waals surface area contributed by atoms with E-state index in [2.05, 4.69) is 0 Å². The molecule has 5 N–H and O–H groups in total. The van der Waals surface area contributed by atoms with E-state index < -0.39 is 0 Å². The first-order chi connectivity index (χ1) is 4.74. The summed E-state index contributed by atoms with van der Waals surface area (Å²) in [6.45, 7) is 0. The van der Waals surface area contributed by atoms with E-state index in [1.807, 2.05) is 0 Å². The molecule has 0 saturated heterocycles. The first-order valence-corrected chi connectivity index (χ1v) is 3.47. The van der Waals surface area contributed by atoms with Gasteiger partial charge in [-0.1, -0.05) is 0 Å². The van der Waals surface area contributed by atoms with Crippen molar-refractivity contribution in [1.29, 1.82) is 5.41 Å². The number of rotatable bonds is 1. The Hall–Kier alpha value is -0.830. The molecule has 0 heterocycles. The monoisotopic (exact) mass is 139 g/mol. The van der Waals surface area contributed by atoms with Gasteiger partial charge in [-0.05, 0) is 18.4 Å². The van der Waals surface area contributed by atoms with E-state index in [1.165, 1.54) is 6.21 Å². The predicted octanol–water partition coefficient (Wildman–Crippen LogP) is 0.360. The Kier molecular flexibility index (Phi) is 2.06. The van der Waals surface area contributed by atoms with Crippen molar-refractivity contribution >= 4 is 6.21 Å². The zero-order chi connectivity index (χ0) is 7.56. The average molecular weight is 139 g/mol. The van der Waals surface area contributed by atoms with Gasteiger partial charge in [-0.3, -0.25) is 0 Å². The molecule has 1 atom stereocenters. The normalized spacial score (nSPS) is 26.7. The van der Waals surface area contributed by atoms with Crippen LogP contribution in [0.3, 0.4) is 0 Å². The Morgan fingerprint density at radius 1 is 1.60 bits per heavy atom. The maximum atomic E-state index is 6.99. The van der Waals surface area contributed by atoms with E-state index in [-0.39, 0.29) is 6.04 Å². The van der Waals surface area contributed by atoms with Crippen molar-refractivity contribution in [2.75, 3.05) is 0 Å². The fourth-order valence-corrected chi connectivity index (χ4v) is 1.18. The lowest BCUT2D eigenvalue weighted by molar-refractivity contribution is 0.576. The van der Waals surface area contributed by atoms with Crippen LogP contribution in [-0.4, -0.2) is 12.3 Å². The van der Waals surface area contributed by atoms with Crippen LogP contribution in [0.15, 0.2) is 11.3 Å². The second-order valence-electron chi connectivity index (χ2n) is 2.70. The van der Waals surface area contributed by atoms with Crippen molar-refractivity contribution in [2.45, 2.75) is 25.3 Å². The van der Waals surface area contributed by atoms with Crippen molar-refractivity contribution in [1.82, 2.24) is 0 Å². The summed E-state index contributed by atoms with van der Waals surface area (Å²) in [6.07, 6.45) is 3.92. The summed E-state index contributed by atoms with van der Waals surface area (Å²) < 4.78 is 0. The highest BCUT2D eigenvalue weighted by atomic mass is 14.7. The third kappa shape index (κ3) is 1.36. The van der Waals surface area contributed by atoms with Gasteiger partial charge in [-0.2, -0.15) is 0 Å². The van der Waals surface area contributed by atoms with Crippen LogP contribution in [0.2, 0.25) is 0 Å². The maximum absolute atomic E-state index is 6.99. The van der Waals surface area contributed by atoms with Crippen LogP contribution < -0.4 is 11.5 Å². The standard InChI is InChI=1S/C7H13N3/c8-4-5-1-2-6(9)3-7(5)10/h4,6,8H,1-3,9-10H2. The predicted molar refractivity (Wildman–Crippen MR) is 41.8 cm³/mol. The topological polar surface area (TPSA) is 75.9 Å². The zero-order valence-corrected chi connectivity index (χ0v) is 5.93. The summed E-state index contributed by atoms with van der Waals surface area (Å²) in [7, 11) is 0. The molecule has 1 unspecified atom stereocenters. The second-order valence-corrected chi connectivity index (χ2v) is 2.70. The molecule has 0 fully saturated rings. The van der Waals surface area contributed by atoms with Gasteiger partial charge >= 0.3 is 0 Å². The fourth-order valence-electron chi connectivity index (χ4n) is 1.18. The van der Waals surface area contributed by atoms with Crippen LogP contribution in [0, 0.1) is 5.41 Å². The Bertz CT molecular complexity index is 172. The first kappa shape index (κ1) is 7.28. The SMILES string of the molecule is N=CC1=C(N)CC(N)CC1. The zero-order valence-electron chi connectivity index (χ0n) is 5.93. The summed E-state index contributed by atoms with van der Waals surface area (Å²) in [5, 5.41) is 6.99. The lowest BCUT2D eigenvalue weighted by Gasteiger charge is -2.19. The van der Waals surface area contributed by atoms with Crippen molar-refractivity contribution in [3.63, 3.8) is 0 Å². The van der Waals surface area contributed by atoms with Gasteiger partial charge in [0.15, 0.2) is 0 Å². The van der Waals surface area contributed by atoms with E-state index in [0.29, 0.717) is 0 Å². The van der Waals surface area contributed by atoms with E-state index in [0.717, 1.165) is 30.5 Å². The Balaban J connectivity index is 2.70. The molecule has 0 spiro atoms. The highest BCUT2D eigenvalue weighted by molar-refractivity contribution is 5.77. The highest BCUT2D eigenvalue weighted by Crippen LogP contribution is 2.18. The molecule has 0 saturated carbocycles. The molecule has 10 heavy (non-hydrogen) atoms. The van der Waals surface area contributed by atoms with Gasteiger partial charge in [0.1, 0.15) is 0 Å². The maximum Gasteiger partial charge on any atom is 0.0227 e. The van der Waals surface area contributed by atoms with Crippen LogP contribution in [-0.2, 0) is 0 Å². The Labute approximate surface area is 60.6 Å². The molecule has 0 aliphatic heterocycles. The lowest BCUT2D eigenvalue weighted by atomic mass is 9.94. The molecule has 0 aromatic carbocycles. The molecule has 0 bridgehead atoms. The molecule has 0 aromatic heterocycles. The van der Waals surface area contributed by atoms with Gasteiger partial charge in [0, 0.05) is 24.4 Å². The minimum Gasteiger partial charge on any atom is -0.402 e. The number of nitrogens with two attached hydrogens (primary N) is 2. The van der Waals surface area contributed by atoms with Crippen LogP contribution in [0.5, 0.6) is 0 Å². The van der Waals surface area contributed by atoms with Crippen LogP contribution in [0.1, 0.15) is 19.3 Å². The molecule has 0 radical (unpaired) electrons. The molecule has 3 heteroatoms. The molecule has 1 aliphatic rings. The van der Waals surface area contributed by atoms with Crippen LogP contribution in [0.4, 0.5) is 0 Å². The van der Waals surface area contributed by atoms with Crippen molar-refractivity contribution in [2.24, 2.45) is 11.5 Å². The second kappa shape index (κ2) is 2.84. The summed E-state index contributed by atoms with van der Waals surface area (Å²) in [4.78, 5) is 0. The van der Waals surface area contributed by atoms with Crippen molar-refractivity contribution in [3.8, 4) is 0 Å². The molecule has 56 valence electrons. The van der Waals surface area contributed by atoms with Gasteiger partial charge in [-0.15, -0.1) is 0 Å². The summed E-state index contributed by atoms with van der Waals surface area (Å²) in [6, 6.07) is 0.212. The Morgan fingerprint density at radius 2 is 2.30 bits per heavy atom. The molecular weight excluding hydrogens is 126 g/mol. The van der Waals surface area contributed by atoms with Crippen LogP contribution in [0.25, 0.3) is 0 Å². The average Bonchev–Trinajstić information content (AvgIpc) is 1.88. The lowest BCUT2D eigenvalue weighted by Crippen LogP contribution is -2.27. The number of allylic oxidation sites excluding steroid dienone is 1. The van der Waals surface area contributed by atoms with Gasteiger partial charge in [0.25, 0.3) is 0 Å². The van der Waals surface area contributed by atoms with E-state index in [4.69, 9.17) is 16.9 Å². The van der Waals surface area contributed by atoms with E-state index in [1.54, 1.807) is 0 Å². The first-order valence-electron chi connectivity index (χ1n) is 3.47.